The standard InChI is InChI=1S/C18H21Br/c1-2-13-3-5-14(6-4-13)15-7-8-17-12-18(19)10-9-16(17)11-15/h7-14H,2-6H2,1H3/t13-,14-. The van der Waals surface area contributed by atoms with E-state index in [1.54, 1.807) is 5.56 Å². The Kier molecular flexibility index (Phi) is 3.93. The third kappa shape index (κ3) is 2.86. The lowest BCUT2D eigenvalue weighted by Crippen LogP contribution is -2.12. The van der Waals surface area contributed by atoms with Crippen molar-refractivity contribution in [2.45, 2.75) is 44.9 Å². The van der Waals surface area contributed by atoms with Gasteiger partial charge in [-0.2, -0.15) is 0 Å². The third-order valence-corrected chi connectivity index (χ3v) is 5.22. The maximum absolute atomic E-state index is 3.54. The highest BCUT2D eigenvalue weighted by Crippen LogP contribution is 2.37. The van der Waals surface area contributed by atoms with Gasteiger partial charge in [-0.3, -0.25) is 0 Å². The Hall–Kier alpha value is -0.820. The molecule has 1 aliphatic rings. The van der Waals surface area contributed by atoms with Gasteiger partial charge in [-0.05, 0) is 66.0 Å². The molecule has 0 nitrogen and oxygen atoms in total. The summed E-state index contributed by atoms with van der Waals surface area (Å²) in [5.74, 6) is 1.77. The smallest absolute Gasteiger partial charge is 0.0181 e. The van der Waals surface area contributed by atoms with Crippen molar-refractivity contribution in [1.29, 1.82) is 0 Å². The summed E-state index contributed by atoms with van der Waals surface area (Å²) in [4.78, 5) is 0. The van der Waals surface area contributed by atoms with Crippen LogP contribution in [0.15, 0.2) is 40.9 Å². The van der Waals surface area contributed by atoms with Gasteiger partial charge < -0.3 is 0 Å². The van der Waals surface area contributed by atoms with Crippen LogP contribution in [0.1, 0.15) is 50.5 Å². The molecule has 19 heavy (non-hydrogen) atoms. The van der Waals surface area contributed by atoms with Crippen molar-refractivity contribution in [2.75, 3.05) is 0 Å². The topological polar surface area (TPSA) is 0 Å². The predicted molar refractivity (Wildman–Crippen MR) is 86.6 cm³/mol. The third-order valence-electron chi connectivity index (χ3n) is 4.72. The van der Waals surface area contributed by atoms with E-state index in [9.17, 15) is 0 Å². The Balaban J connectivity index is 1.84. The Morgan fingerprint density at radius 2 is 1.63 bits per heavy atom. The van der Waals surface area contributed by atoms with Gasteiger partial charge in [0.05, 0.1) is 0 Å². The first-order valence-corrected chi connectivity index (χ1v) is 8.25. The van der Waals surface area contributed by atoms with Crippen molar-refractivity contribution in [3.05, 3.63) is 46.4 Å². The number of rotatable bonds is 2. The summed E-state index contributed by atoms with van der Waals surface area (Å²) in [6.45, 7) is 2.33. The first-order valence-electron chi connectivity index (χ1n) is 7.45. The van der Waals surface area contributed by atoms with Crippen molar-refractivity contribution in [1.82, 2.24) is 0 Å². The van der Waals surface area contributed by atoms with E-state index in [1.165, 1.54) is 42.9 Å². The van der Waals surface area contributed by atoms with Gasteiger partial charge in [0.2, 0.25) is 0 Å². The van der Waals surface area contributed by atoms with E-state index in [4.69, 9.17) is 0 Å². The first kappa shape index (κ1) is 13.2. The highest BCUT2D eigenvalue weighted by molar-refractivity contribution is 9.10. The second-order valence-corrected chi connectivity index (χ2v) is 6.79. The quantitative estimate of drug-likeness (QED) is 0.611. The van der Waals surface area contributed by atoms with Crippen molar-refractivity contribution in [3.8, 4) is 0 Å². The largest absolute Gasteiger partial charge is 0.0651 e. The number of benzene rings is 2. The average Bonchev–Trinajstić information content (AvgIpc) is 2.47. The van der Waals surface area contributed by atoms with E-state index in [2.05, 4.69) is 59.3 Å². The molecule has 0 heterocycles. The molecule has 1 heteroatoms. The summed E-state index contributed by atoms with van der Waals surface area (Å²) >= 11 is 3.54. The molecule has 0 radical (unpaired) electrons. The molecule has 1 saturated carbocycles. The van der Waals surface area contributed by atoms with Gasteiger partial charge in [0.15, 0.2) is 0 Å². The number of hydrogen-bond donors (Lipinski definition) is 0. The van der Waals surface area contributed by atoms with Gasteiger partial charge in [0, 0.05) is 4.47 Å². The lowest BCUT2D eigenvalue weighted by Gasteiger charge is -2.28. The molecule has 0 saturated heterocycles. The van der Waals surface area contributed by atoms with Gasteiger partial charge in [-0.25, -0.2) is 0 Å². The molecule has 1 fully saturated rings. The zero-order valence-corrected chi connectivity index (χ0v) is 13.1. The predicted octanol–water partition coefficient (Wildman–Crippen LogP) is 6.29. The molecular formula is C18H21Br. The highest BCUT2D eigenvalue weighted by atomic mass is 79.9. The SMILES string of the molecule is CC[C@H]1CC[C@H](c2ccc3cc(Br)ccc3c2)CC1. The van der Waals surface area contributed by atoms with Crippen LogP contribution >= 0.6 is 15.9 Å². The van der Waals surface area contributed by atoms with Crippen LogP contribution in [-0.2, 0) is 0 Å². The van der Waals surface area contributed by atoms with Crippen molar-refractivity contribution in [2.24, 2.45) is 5.92 Å². The fourth-order valence-corrected chi connectivity index (χ4v) is 3.77. The summed E-state index contributed by atoms with van der Waals surface area (Å²) in [6.07, 6.45) is 6.94. The van der Waals surface area contributed by atoms with Crippen LogP contribution < -0.4 is 0 Å². The molecule has 0 spiro atoms. The average molecular weight is 317 g/mol. The molecule has 0 unspecified atom stereocenters. The summed E-state index contributed by atoms with van der Waals surface area (Å²) < 4.78 is 1.16. The van der Waals surface area contributed by atoms with E-state index < -0.39 is 0 Å². The van der Waals surface area contributed by atoms with Gasteiger partial charge in [0.25, 0.3) is 0 Å². The van der Waals surface area contributed by atoms with E-state index in [0.29, 0.717) is 0 Å². The minimum atomic E-state index is 0.788. The molecule has 0 aliphatic heterocycles. The van der Waals surface area contributed by atoms with E-state index in [-0.39, 0.29) is 0 Å². The zero-order valence-electron chi connectivity index (χ0n) is 11.5. The summed E-state index contributed by atoms with van der Waals surface area (Å²) in [5, 5.41) is 2.71. The lowest BCUT2D eigenvalue weighted by molar-refractivity contribution is 0.319. The maximum atomic E-state index is 3.54. The number of fused-ring (bicyclic) bond motifs is 1. The second kappa shape index (κ2) is 5.66. The second-order valence-electron chi connectivity index (χ2n) is 5.88. The van der Waals surface area contributed by atoms with Gasteiger partial charge >= 0.3 is 0 Å². The molecule has 100 valence electrons. The Bertz CT molecular complexity index is 565. The molecule has 2 aromatic rings. The van der Waals surface area contributed by atoms with Gasteiger partial charge in [-0.1, -0.05) is 53.5 Å². The molecule has 0 N–H and O–H groups in total. The minimum Gasteiger partial charge on any atom is -0.0651 e. The van der Waals surface area contributed by atoms with Gasteiger partial charge in [0.1, 0.15) is 0 Å². The first-order chi connectivity index (χ1) is 9.26. The molecule has 0 aromatic heterocycles. The Morgan fingerprint density at radius 3 is 2.37 bits per heavy atom. The van der Waals surface area contributed by atoms with Crippen LogP contribution in [-0.4, -0.2) is 0 Å². The Morgan fingerprint density at radius 1 is 0.947 bits per heavy atom. The maximum Gasteiger partial charge on any atom is 0.0181 e. The van der Waals surface area contributed by atoms with Crippen molar-refractivity contribution >= 4 is 26.7 Å². The molecule has 1 aliphatic carbocycles. The van der Waals surface area contributed by atoms with Crippen LogP contribution in [0, 0.1) is 5.92 Å². The van der Waals surface area contributed by atoms with E-state index in [0.717, 1.165) is 16.3 Å². The van der Waals surface area contributed by atoms with Crippen LogP contribution in [0.5, 0.6) is 0 Å². The van der Waals surface area contributed by atoms with Crippen LogP contribution in [0.4, 0.5) is 0 Å². The fraction of sp³-hybridized carbons (Fsp3) is 0.444. The zero-order chi connectivity index (χ0) is 13.2. The minimum absolute atomic E-state index is 0.788. The van der Waals surface area contributed by atoms with E-state index >= 15 is 0 Å². The van der Waals surface area contributed by atoms with Crippen LogP contribution in [0.3, 0.4) is 0 Å². The fourth-order valence-electron chi connectivity index (χ4n) is 3.39. The molecule has 0 atom stereocenters. The van der Waals surface area contributed by atoms with Crippen LogP contribution in [0.25, 0.3) is 10.8 Å². The summed E-state index contributed by atoms with van der Waals surface area (Å²) in [7, 11) is 0. The molecule has 0 bridgehead atoms. The Labute approximate surface area is 124 Å². The monoisotopic (exact) mass is 316 g/mol. The van der Waals surface area contributed by atoms with Gasteiger partial charge in [-0.15, -0.1) is 0 Å². The van der Waals surface area contributed by atoms with Crippen molar-refractivity contribution < 1.29 is 0 Å². The normalized spacial score (nSPS) is 23.7. The highest BCUT2D eigenvalue weighted by Gasteiger charge is 2.21. The molecule has 2 aromatic carbocycles. The lowest BCUT2D eigenvalue weighted by atomic mass is 9.77. The molecule has 0 amide bonds. The summed E-state index contributed by atoms with van der Waals surface area (Å²) in [5.41, 5.74) is 1.55. The molecule has 3 rings (SSSR count). The van der Waals surface area contributed by atoms with E-state index in [1.807, 2.05) is 0 Å². The molecular weight excluding hydrogens is 296 g/mol. The van der Waals surface area contributed by atoms with Crippen LogP contribution in [0.2, 0.25) is 0 Å². The number of hydrogen-bond acceptors (Lipinski definition) is 0. The number of halogens is 1. The summed E-state index contributed by atoms with van der Waals surface area (Å²) in [6, 6.07) is 13.6. The van der Waals surface area contributed by atoms with Crippen molar-refractivity contribution in [3.63, 3.8) is 0 Å².